The SMILES string of the molecule is CC(C)NC(CO)(CN1CCOC(C)C1)c1ccccc1. The van der Waals surface area contributed by atoms with Gasteiger partial charge in [0.05, 0.1) is 24.9 Å². The summed E-state index contributed by atoms with van der Waals surface area (Å²) in [7, 11) is 0. The normalized spacial score (nSPS) is 23.2. The van der Waals surface area contributed by atoms with Crippen LogP contribution < -0.4 is 5.32 Å². The molecule has 0 radical (unpaired) electrons. The molecule has 4 nitrogen and oxygen atoms in total. The number of rotatable bonds is 6. The Hall–Kier alpha value is -0.940. The van der Waals surface area contributed by atoms with Gasteiger partial charge in [0, 0.05) is 25.7 Å². The van der Waals surface area contributed by atoms with Gasteiger partial charge in [-0.25, -0.2) is 0 Å². The minimum Gasteiger partial charge on any atom is -0.394 e. The third-order valence-electron chi connectivity index (χ3n) is 3.98. The average Bonchev–Trinajstić information content (AvgIpc) is 2.47. The van der Waals surface area contributed by atoms with Crippen LogP contribution in [0.2, 0.25) is 0 Å². The van der Waals surface area contributed by atoms with Gasteiger partial charge in [0.2, 0.25) is 0 Å². The van der Waals surface area contributed by atoms with Crippen molar-refractivity contribution in [1.29, 1.82) is 0 Å². The Balaban J connectivity index is 2.22. The lowest BCUT2D eigenvalue weighted by molar-refractivity contribution is -0.0334. The van der Waals surface area contributed by atoms with Gasteiger partial charge in [-0.2, -0.15) is 0 Å². The maximum absolute atomic E-state index is 10.2. The fraction of sp³-hybridized carbons (Fsp3) is 0.647. The van der Waals surface area contributed by atoms with E-state index in [0.29, 0.717) is 6.04 Å². The summed E-state index contributed by atoms with van der Waals surface area (Å²) in [6.45, 7) is 9.81. The summed E-state index contributed by atoms with van der Waals surface area (Å²) in [6, 6.07) is 10.6. The van der Waals surface area contributed by atoms with Gasteiger partial charge in [0.25, 0.3) is 0 Å². The molecule has 0 bridgehead atoms. The minimum atomic E-state index is -0.424. The van der Waals surface area contributed by atoms with Crippen molar-refractivity contribution < 1.29 is 9.84 Å². The first kappa shape index (κ1) is 16.4. The topological polar surface area (TPSA) is 44.7 Å². The summed E-state index contributed by atoms with van der Waals surface area (Å²) in [4.78, 5) is 2.38. The van der Waals surface area contributed by atoms with Crippen LogP contribution in [0.15, 0.2) is 30.3 Å². The van der Waals surface area contributed by atoms with E-state index in [-0.39, 0.29) is 12.7 Å². The Morgan fingerprint density at radius 1 is 1.38 bits per heavy atom. The van der Waals surface area contributed by atoms with Crippen LogP contribution in [-0.4, -0.2) is 55.0 Å². The molecule has 0 amide bonds. The van der Waals surface area contributed by atoms with Gasteiger partial charge in [-0.1, -0.05) is 30.3 Å². The molecule has 0 spiro atoms. The van der Waals surface area contributed by atoms with Gasteiger partial charge in [-0.15, -0.1) is 0 Å². The number of benzene rings is 1. The molecular weight excluding hydrogens is 264 g/mol. The molecule has 4 heteroatoms. The van der Waals surface area contributed by atoms with Gasteiger partial charge in [-0.3, -0.25) is 4.90 Å². The van der Waals surface area contributed by atoms with Gasteiger partial charge >= 0.3 is 0 Å². The molecule has 2 unspecified atom stereocenters. The maximum Gasteiger partial charge on any atom is 0.0799 e. The molecule has 2 rings (SSSR count). The lowest BCUT2D eigenvalue weighted by Crippen LogP contribution is -2.58. The highest BCUT2D eigenvalue weighted by Crippen LogP contribution is 2.24. The number of hydrogen-bond acceptors (Lipinski definition) is 4. The second-order valence-corrected chi connectivity index (χ2v) is 6.32. The van der Waals surface area contributed by atoms with E-state index < -0.39 is 5.54 Å². The third-order valence-corrected chi connectivity index (χ3v) is 3.98. The number of nitrogens with one attached hydrogen (secondary N) is 1. The molecule has 1 fully saturated rings. The Bertz CT molecular complexity index is 424. The Morgan fingerprint density at radius 3 is 2.67 bits per heavy atom. The van der Waals surface area contributed by atoms with Crippen molar-refractivity contribution in [2.45, 2.75) is 38.5 Å². The summed E-state index contributed by atoms with van der Waals surface area (Å²) < 4.78 is 5.62. The van der Waals surface area contributed by atoms with Crippen LogP contribution in [0.25, 0.3) is 0 Å². The summed E-state index contributed by atoms with van der Waals surface area (Å²) in [6.07, 6.45) is 0.255. The molecule has 1 heterocycles. The van der Waals surface area contributed by atoms with Crippen LogP contribution in [0.5, 0.6) is 0 Å². The molecule has 2 N–H and O–H groups in total. The highest BCUT2D eigenvalue weighted by Gasteiger charge is 2.35. The number of aliphatic hydroxyl groups is 1. The second-order valence-electron chi connectivity index (χ2n) is 6.32. The lowest BCUT2D eigenvalue weighted by atomic mass is 9.88. The molecule has 0 aromatic heterocycles. The number of hydrogen-bond donors (Lipinski definition) is 2. The molecule has 1 aliphatic heterocycles. The molecule has 21 heavy (non-hydrogen) atoms. The van der Waals surface area contributed by atoms with E-state index in [1.165, 1.54) is 0 Å². The molecule has 1 aromatic carbocycles. The van der Waals surface area contributed by atoms with Crippen LogP contribution in [0.1, 0.15) is 26.3 Å². The van der Waals surface area contributed by atoms with Gasteiger partial charge < -0.3 is 15.2 Å². The van der Waals surface area contributed by atoms with Crippen molar-refractivity contribution >= 4 is 0 Å². The zero-order valence-corrected chi connectivity index (χ0v) is 13.4. The number of morpholine rings is 1. The van der Waals surface area contributed by atoms with E-state index >= 15 is 0 Å². The van der Waals surface area contributed by atoms with Crippen LogP contribution in [0, 0.1) is 0 Å². The Kier molecular flexibility index (Phi) is 5.76. The molecule has 1 saturated heterocycles. The van der Waals surface area contributed by atoms with Crippen LogP contribution in [-0.2, 0) is 10.3 Å². The first-order chi connectivity index (χ1) is 10.1. The van der Waals surface area contributed by atoms with Gasteiger partial charge in [0.1, 0.15) is 0 Å². The lowest BCUT2D eigenvalue weighted by Gasteiger charge is -2.42. The Labute approximate surface area is 128 Å². The summed E-state index contributed by atoms with van der Waals surface area (Å²) in [5.74, 6) is 0. The zero-order chi connectivity index (χ0) is 15.3. The highest BCUT2D eigenvalue weighted by molar-refractivity contribution is 5.25. The van der Waals surface area contributed by atoms with Gasteiger partial charge in [0.15, 0.2) is 0 Å². The largest absolute Gasteiger partial charge is 0.394 e. The van der Waals surface area contributed by atoms with E-state index in [0.717, 1.165) is 31.8 Å². The standard InChI is InChI=1S/C17H28N2O2/c1-14(2)18-17(13-20,16-7-5-4-6-8-16)12-19-9-10-21-15(3)11-19/h4-8,14-15,18,20H,9-13H2,1-3H3. The van der Waals surface area contributed by atoms with Crippen molar-refractivity contribution in [3.8, 4) is 0 Å². The molecule has 2 atom stereocenters. The van der Waals surface area contributed by atoms with Crippen LogP contribution >= 0.6 is 0 Å². The van der Waals surface area contributed by atoms with E-state index in [1.54, 1.807) is 0 Å². The fourth-order valence-electron chi connectivity index (χ4n) is 3.13. The molecule has 0 aliphatic carbocycles. The molecule has 1 aromatic rings. The average molecular weight is 292 g/mol. The molecular formula is C17H28N2O2. The quantitative estimate of drug-likeness (QED) is 0.836. The van der Waals surface area contributed by atoms with E-state index in [9.17, 15) is 5.11 Å². The van der Waals surface area contributed by atoms with Crippen molar-refractivity contribution in [2.24, 2.45) is 0 Å². The number of aliphatic hydroxyl groups excluding tert-OH is 1. The first-order valence-electron chi connectivity index (χ1n) is 7.84. The predicted molar refractivity (Wildman–Crippen MR) is 85.3 cm³/mol. The van der Waals surface area contributed by atoms with E-state index in [2.05, 4.69) is 43.1 Å². The van der Waals surface area contributed by atoms with Crippen LogP contribution in [0.3, 0.4) is 0 Å². The smallest absolute Gasteiger partial charge is 0.0799 e. The summed E-state index contributed by atoms with van der Waals surface area (Å²) >= 11 is 0. The number of nitrogens with zero attached hydrogens (tertiary/aromatic N) is 1. The van der Waals surface area contributed by atoms with Crippen molar-refractivity contribution in [1.82, 2.24) is 10.2 Å². The third kappa shape index (κ3) is 4.27. The van der Waals surface area contributed by atoms with Crippen molar-refractivity contribution in [3.63, 3.8) is 0 Å². The molecule has 0 saturated carbocycles. The highest BCUT2D eigenvalue weighted by atomic mass is 16.5. The fourth-order valence-corrected chi connectivity index (χ4v) is 3.13. The second kappa shape index (κ2) is 7.36. The molecule has 118 valence electrons. The monoisotopic (exact) mass is 292 g/mol. The summed E-state index contributed by atoms with van der Waals surface area (Å²) in [5.41, 5.74) is 0.715. The predicted octanol–water partition coefficient (Wildman–Crippen LogP) is 1.59. The maximum atomic E-state index is 10.2. The van der Waals surface area contributed by atoms with Crippen molar-refractivity contribution in [2.75, 3.05) is 32.8 Å². The zero-order valence-electron chi connectivity index (χ0n) is 13.4. The summed E-state index contributed by atoms with van der Waals surface area (Å²) in [5, 5.41) is 13.7. The minimum absolute atomic E-state index is 0.0843. The van der Waals surface area contributed by atoms with E-state index in [1.807, 2.05) is 18.2 Å². The first-order valence-corrected chi connectivity index (χ1v) is 7.84. The molecule has 1 aliphatic rings. The van der Waals surface area contributed by atoms with Crippen LogP contribution in [0.4, 0.5) is 0 Å². The van der Waals surface area contributed by atoms with Crippen molar-refractivity contribution in [3.05, 3.63) is 35.9 Å². The van der Waals surface area contributed by atoms with Gasteiger partial charge in [-0.05, 0) is 26.3 Å². The Morgan fingerprint density at radius 2 is 2.10 bits per heavy atom. The number of ether oxygens (including phenoxy) is 1. The van der Waals surface area contributed by atoms with E-state index in [4.69, 9.17) is 4.74 Å².